The molecule has 0 spiro atoms. The minimum absolute atomic E-state index is 0.0607. The predicted molar refractivity (Wildman–Crippen MR) is 94.5 cm³/mol. The van der Waals surface area contributed by atoms with Crippen LogP contribution in [0.3, 0.4) is 0 Å². The van der Waals surface area contributed by atoms with Gasteiger partial charge in [0.05, 0.1) is 6.54 Å². The van der Waals surface area contributed by atoms with Gasteiger partial charge in [0, 0.05) is 39.0 Å². The van der Waals surface area contributed by atoms with E-state index in [1.165, 1.54) is 18.4 Å². The number of nitrogens with one attached hydrogen (secondary N) is 1. The van der Waals surface area contributed by atoms with E-state index in [0.29, 0.717) is 5.92 Å². The van der Waals surface area contributed by atoms with Gasteiger partial charge in [-0.3, -0.25) is 9.69 Å². The van der Waals surface area contributed by atoms with Crippen LogP contribution in [0.1, 0.15) is 31.2 Å². The van der Waals surface area contributed by atoms with Crippen molar-refractivity contribution in [1.82, 2.24) is 19.8 Å². The number of amides is 1. The normalized spacial score (nSPS) is 18.5. The Labute approximate surface area is 143 Å². The third-order valence-electron chi connectivity index (χ3n) is 4.61. The molecule has 1 unspecified atom stereocenters. The Hall–Kier alpha value is -2.14. The first kappa shape index (κ1) is 16.7. The van der Waals surface area contributed by atoms with Crippen molar-refractivity contribution >= 4 is 5.91 Å². The molecule has 1 amide bonds. The summed E-state index contributed by atoms with van der Waals surface area (Å²) in [6.07, 6.45) is 6.32. The van der Waals surface area contributed by atoms with Crippen molar-refractivity contribution in [3.8, 4) is 0 Å². The van der Waals surface area contributed by atoms with E-state index >= 15 is 0 Å². The second-order valence-corrected chi connectivity index (χ2v) is 6.64. The third kappa shape index (κ3) is 4.68. The largest absolute Gasteiger partial charge is 0.356 e. The van der Waals surface area contributed by atoms with Gasteiger partial charge in [-0.05, 0) is 30.9 Å². The number of carbonyl (C=O) groups is 1. The summed E-state index contributed by atoms with van der Waals surface area (Å²) in [4.78, 5) is 18.1. The van der Waals surface area contributed by atoms with Crippen LogP contribution >= 0.6 is 0 Å². The number of carbonyl (C=O) groups excluding carboxylic acids is 1. The standard InChI is InChI=1S/C19H26N4O/c1-16(24)21-12-18-8-5-10-22(13-18)15-19-20-9-11-23(19)14-17-6-3-2-4-7-17/h2-4,6-7,9,11,18H,5,8,10,12-15H2,1H3,(H,21,24). The number of aromatic nitrogens is 2. The summed E-state index contributed by atoms with van der Waals surface area (Å²) in [5, 5.41) is 2.95. The molecule has 0 aliphatic carbocycles. The summed E-state index contributed by atoms with van der Waals surface area (Å²) < 4.78 is 2.23. The number of benzene rings is 1. The first-order chi connectivity index (χ1) is 11.7. The summed E-state index contributed by atoms with van der Waals surface area (Å²) in [5.74, 6) is 1.71. The number of imidazole rings is 1. The van der Waals surface area contributed by atoms with Gasteiger partial charge in [-0.25, -0.2) is 4.98 Å². The van der Waals surface area contributed by atoms with Crippen molar-refractivity contribution in [2.75, 3.05) is 19.6 Å². The molecule has 1 fully saturated rings. The SMILES string of the molecule is CC(=O)NCC1CCCN(Cc2nccn2Cc2ccccc2)C1. The highest BCUT2D eigenvalue weighted by atomic mass is 16.1. The average molecular weight is 326 g/mol. The number of likely N-dealkylation sites (tertiary alicyclic amines) is 1. The van der Waals surface area contributed by atoms with E-state index in [1.807, 2.05) is 12.3 Å². The minimum Gasteiger partial charge on any atom is -0.356 e. The molecule has 2 aromatic rings. The Kier molecular flexibility index (Phi) is 5.64. The minimum atomic E-state index is 0.0607. The average Bonchev–Trinajstić information content (AvgIpc) is 3.01. The smallest absolute Gasteiger partial charge is 0.216 e. The van der Waals surface area contributed by atoms with E-state index in [4.69, 9.17) is 0 Å². The molecule has 1 atom stereocenters. The van der Waals surface area contributed by atoms with Crippen molar-refractivity contribution < 1.29 is 4.79 Å². The molecule has 1 aromatic carbocycles. The van der Waals surface area contributed by atoms with Crippen molar-refractivity contribution in [2.24, 2.45) is 5.92 Å². The van der Waals surface area contributed by atoms with Crippen LogP contribution in [-0.4, -0.2) is 40.0 Å². The van der Waals surface area contributed by atoms with Crippen LogP contribution in [0.2, 0.25) is 0 Å². The lowest BCUT2D eigenvalue weighted by Crippen LogP contribution is -2.40. The maximum Gasteiger partial charge on any atom is 0.216 e. The molecule has 1 aliphatic heterocycles. The molecule has 0 radical (unpaired) electrons. The summed E-state index contributed by atoms with van der Waals surface area (Å²) in [6.45, 7) is 6.23. The molecule has 1 aromatic heterocycles. The lowest BCUT2D eigenvalue weighted by atomic mass is 9.98. The van der Waals surface area contributed by atoms with E-state index in [9.17, 15) is 4.79 Å². The molecular weight excluding hydrogens is 300 g/mol. The molecule has 128 valence electrons. The fourth-order valence-electron chi connectivity index (χ4n) is 3.37. The third-order valence-corrected chi connectivity index (χ3v) is 4.61. The van der Waals surface area contributed by atoms with E-state index in [2.05, 4.69) is 50.2 Å². The summed E-state index contributed by atoms with van der Waals surface area (Å²) in [7, 11) is 0. The second kappa shape index (κ2) is 8.11. The topological polar surface area (TPSA) is 50.2 Å². The van der Waals surface area contributed by atoms with E-state index < -0.39 is 0 Å². The van der Waals surface area contributed by atoms with Crippen molar-refractivity contribution in [2.45, 2.75) is 32.9 Å². The summed E-state index contributed by atoms with van der Waals surface area (Å²) in [5.41, 5.74) is 1.29. The van der Waals surface area contributed by atoms with Crippen molar-refractivity contribution in [3.63, 3.8) is 0 Å². The summed E-state index contributed by atoms with van der Waals surface area (Å²) >= 11 is 0. The zero-order chi connectivity index (χ0) is 16.8. The lowest BCUT2D eigenvalue weighted by Gasteiger charge is -2.32. The van der Waals surface area contributed by atoms with Crippen LogP contribution in [0.4, 0.5) is 0 Å². The van der Waals surface area contributed by atoms with E-state index in [1.54, 1.807) is 6.92 Å². The van der Waals surface area contributed by atoms with Crippen LogP contribution in [0.25, 0.3) is 0 Å². The molecule has 1 saturated heterocycles. The van der Waals surface area contributed by atoms with E-state index in [-0.39, 0.29) is 5.91 Å². The number of nitrogens with zero attached hydrogens (tertiary/aromatic N) is 3. The molecule has 24 heavy (non-hydrogen) atoms. The Balaban J connectivity index is 1.58. The van der Waals surface area contributed by atoms with Crippen LogP contribution < -0.4 is 5.32 Å². The Morgan fingerprint density at radius 1 is 1.29 bits per heavy atom. The van der Waals surface area contributed by atoms with Gasteiger partial charge in [0.2, 0.25) is 5.91 Å². The molecule has 3 rings (SSSR count). The van der Waals surface area contributed by atoms with Gasteiger partial charge in [0.25, 0.3) is 0 Å². The van der Waals surface area contributed by atoms with Gasteiger partial charge in [-0.2, -0.15) is 0 Å². The van der Waals surface area contributed by atoms with Crippen molar-refractivity contribution in [3.05, 3.63) is 54.1 Å². The Morgan fingerprint density at radius 3 is 2.92 bits per heavy atom. The highest BCUT2D eigenvalue weighted by Gasteiger charge is 2.21. The quantitative estimate of drug-likeness (QED) is 0.886. The fraction of sp³-hybridized carbons (Fsp3) is 0.474. The Bertz CT molecular complexity index is 652. The van der Waals surface area contributed by atoms with Gasteiger partial charge >= 0.3 is 0 Å². The van der Waals surface area contributed by atoms with Gasteiger partial charge < -0.3 is 9.88 Å². The number of hydrogen-bond donors (Lipinski definition) is 1. The molecule has 2 heterocycles. The first-order valence-electron chi connectivity index (χ1n) is 8.71. The molecular formula is C19H26N4O. The van der Waals surface area contributed by atoms with Gasteiger partial charge in [0.1, 0.15) is 5.82 Å². The highest BCUT2D eigenvalue weighted by molar-refractivity contribution is 5.72. The van der Waals surface area contributed by atoms with Gasteiger partial charge in [-0.15, -0.1) is 0 Å². The molecule has 0 saturated carbocycles. The molecule has 5 nitrogen and oxygen atoms in total. The van der Waals surface area contributed by atoms with E-state index in [0.717, 1.165) is 38.5 Å². The monoisotopic (exact) mass is 326 g/mol. The second-order valence-electron chi connectivity index (χ2n) is 6.64. The zero-order valence-electron chi connectivity index (χ0n) is 14.3. The number of hydrogen-bond acceptors (Lipinski definition) is 3. The van der Waals surface area contributed by atoms with Crippen LogP contribution in [-0.2, 0) is 17.9 Å². The molecule has 1 aliphatic rings. The van der Waals surface area contributed by atoms with Gasteiger partial charge in [-0.1, -0.05) is 30.3 Å². The lowest BCUT2D eigenvalue weighted by molar-refractivity contribution is -0.119. The first-order valence-corrected chi connectivity index (χ1v) is 8.71. The fourth-order valence-corrected chi connectivity index (χ4v) is 3.37. The number of piperidine rings is 1. The van der Waals surface area contributed by atoms with Crippen LogP contribution in [0, 0.1) is 5.92 Å². The Morgan fingerprint density at radius 2 is 2.12 bits per heavy atom. The van der Waals surface area contributed by atoms with Gasteiger partial charge in [0.15, 0.2) is 0 Å². The van der Waals surface area contributed by atoms with Crippen LogP contribution in [0.15, 0.2) is 42.7 Å². The zero-order valence-corrected chi connectivity index (χ0v) is 14.3. The summed E-state index contributed by atoms with van der Waals surface area (Å²) in [6, 6.07) is 10.5. The number of rotatable bonds is 6. The van der Waals surface area contributed by atoms with Crippen molar-refractivity contribution in [1.29, 1.82) is 0 Å². The molecule has 0 bridgehead atoms. The van der Waals surface area contributed by atoms with Crippen LogP contribution in [0.5, 0.6) is 0 Å². The maximum absolute atomic E-state index is 11.1. The predicted octanol–water partition coefficient (Wildman–Crippen LogP) is 2.28. The highest BCUT2D eigenvalue weighted by Crippen LogP contribution is 2.18. The maximum atomic E-state index is 11.1. The molecule has 5 heteroatoms. The molecule has 1 N–H and O–H groups in total.